The molecule has 94 valence electrons. The Balaban J connectivity index is 2.23. The lowest BCUT2D eigenvalue weighted by Crippen LogP contribution is -2.12. The highest BCUT2D eigenvalue weighted by Gasteiger charge is 2.08. The smallest absolute Gasteiger partial charge is 0.221 e. The molecule has 7 nitrogen and oxygen atoms in total. The number of tetrazole rings is 1. The zero-order chi connectivity index (χ0) is 13.0. The number of amides is 1. The van der Waals surface area contributed by atoms with Crippen molar-refractivity contribution >= 4 is 11.6 Å². The van der Waals surface area contributed by atoms with Gasteiger partial charge in [-0.2, -0.15) is 0 Å². The molecule has 0 bridgehead atoms. The van der Waals surface area contributed by atoms with Crippen molar-refractivity contribution in [3.05, 3.63) is 24.3 Å². The summed E-state index contributed by atoms with van der Waals surface area (Å²) in [7, 11) is 0. The summed E-state index contributed by atoms with van der Waals surface area (Å²) in [5, 5.41) is 14.1. The van der Waals surface area contributed by atoms with Crippen molar-refractivity contribution < 1.29 is 4.79 Å². The third-order valence-electron chi connectivity index (χ3n) is 2.34. The van der Waals surface area contributed by atoms with E-state index in [1.807, 2.05) is 12.1 Å². The van der Waals surface area contributed by atoms with Crippen molar-refractivity contribution in [3.63, 3.8) is 0 Å². The van der Waals surface area contributed by atoms with Crippen LogP contribution in [0.2, 0.25) is 0 Å². The van der Waals surface area contributed by atoms with Gasteiger partial charge >= 0.3 is 0 Å². The fraction of sp³-hybridized carbons (Fsp3) is 0.273. The highest BCUT2D eigenvalue weighted by atomic mass is 16.1. The first kappa shape index (κ1) is 12.2. The van der Waals surface area contributed by atoms with Gasteiger partial charge in [0.25, 0.3) is 0 Å². The fourth-order valence-electron chi connectivity index (χ4n) is 1.59. The van der Waals surface area contributed by atoms with E-state index in [9.17, 15) is 4.79 Å². The van der Waals surface area contributed by atoms with Gasteiger partial charge in [0.05, 0.1) is 6.54 Å². The Morgan fingerprint density at radius 3 is 2.72 bits per heavy atom. The van der Waals surface area contributed by atoms with Crippen LogP contribution in [-0.4, -0.2) is 32.7 Å². The second-order valence-electron chi connectivity index (χ2n) is 3.77. The van der Waals surface area contributed by atoms with Crippen LogP contribution in [0.3, 0.4) is 0 Å². The molecule has 0 aliphatic carbocycles. The van der Waals surface area contributed by atoms with Crippen molar-refractivity contribution in [2.45, 2.75) is 13.5 Å². The van der Waals surface area contributed by atoms with Crippen LogP contribution in [0.1, 0.15) is 6.92 Å². The third-order valence-corrected chi connectivity index (χ3v) is 2.34. The lowest BCUT2D eigenvalue weighted by molar-refractivity contribution is -0.114. The molecule has 1 aromatic carbocycles. The summed E-state index contributed by atoms with van der Waals surface area (Å²) >= 11 is 0. The molecular formula is C11H14N6O. The van der Waals surface area contributed by atoms with E-state index in [0.717, 1.165) is 11.3 Å². The average molecular weight is 246 g/mol. The summed E-state index contributed by atoms with van der Waals surface area (Å²) in [6, 6.07) is 7.31. The Morgan fingerprint density at radius 1 is 1.39 bits per heavy atom. The minimum absolute atomic E-state index is 0.101. The Bertz CT molecular complexity index is 533. The number of benzene rings is 1. The minimum atomic E-state index is -0.101. The van der Waals surface area contributed by atoms with E-state index >= 15 is 0 Å². The molecular weight excluding hydrogens is 232 g/mol. The van der Waals surface area contributed by atoms with E-state index < -0.39 is 0 Å². The molecule has 0 spiro atoms. The third kappa shape index (κ3) is 2.69. The molecule has 1 heterocycles. The van der Waals surface area contributed by atoms with E-state index in [-0.39, 0.29) is 5.91 Å². The minimum Gasteiger partial charge on any atom is -0.329 e. The lowest BCUT2D eigenvalue weighted by atomic mass is 10.2. The largest absolute Gasteiger partial charge is 0.329 e. The van der Waals surface area contributed by atoms with Gasteiger partial charge in [0.1, 0.15) is 0 Å². The second kappa shape index (κ2) is 5.37. The summed E-state index contributed by atoms with van der Waals surface area (Å²) in [5.74, 6) is 0.561. The van der Waals surface area contributed by atoms with E-state index in [1.165, 1.54) is 6.92 Å². The van der Waals surface area contributed by atoms with Gasteiger partial charge in [-0.25, -0.2) is 4.68 Å². The number of nitrogens with two attached hydrogens (primary N) is 1. The first-order valence-electron chi connectivity index (χ1n) is 5.55. The predicted molar refractivity (Wildman–Crippen MR) is 66.6 cm³/mol. The number of aromatic nitrogens is 4. The number of carbonyl (C=O) groups excluding carboxylic acids is 1. The number of rotatable bonds is 4. The Labute approximate surface area is 104 Å². The summed E-state index contributed by atoms with van der Waals surface area (Å²) in [4.78, 5) is 10.9. The van der Waals surface area contributed by atoms with Crippen LogP contribution >= 0.6 is 0 Å². The zero-order valence-electron chi connectivity index (χ0n) is 10.00. The van der Waals surface area contributed by atoms with Gasteiger partial charge < -0.3 is 11.1 Å². The molecule has 3 N–H and O–H groups in total. The number of hydrogen-bond acceptors (Lipinski definition) is 5. The molecule has 0 fully saturated rings. The van der Waals surface area contributed by atoms with Crippen LogP contribution in [0.25, 0.3) is 11.4 Å². The molecule has 0 aliphatic heterocycles. The maximum Gasteiger partial charge on any atom is 0.221 e. The molecule has 2 aromatic rings. The standard InChI is InChI=1S/C11H14N6O/c1-8(18)13-10-4-2-9(3-5-10)11-14-15-16-17(11)7-6-12/h2-5H,6-7,12H2,1H3,(H,13,18). The van der Waals surface area contributed by atoms with Crippen molar-refractivity contribution in [2.24, 2.45) is 5.73 Å². The molecule has 0 radical (unpaired) electrons. The van der Waals surface area contributed by atoms with Crippen molar-refractivity contribution in [3.8, 4) is 11.4 Å². The molecule has 0 aliphatic rings. The first-order valence-corrected chi connectivity index (χ1v) is 5.55. The van der Waals surface area contributed by atoms with Gasteiger partial charge in [-0.15, -0.1) is 5.10 Å². The SMILES string of the molecule is CC(=O)Nc1ccc(-c2nnnn2CCN)cc1. The summed E-state index contributed by atoms with van der Waals surface area (Å²) in [6.07, 6.45) is 0. The molecule has 0 unspecified atom stereocenters. The van der Waals surface area contributed by atoms with Crippen molar-refractivity contribution in [1.82, 2.24) is 20.2 Å². The maximum atomic E-state index is 10.9. The number of anilines is 1. The summed E-state index contributed by atoms with van der Waals surface area (Å²) in [6.45, 7) is 2.51. The predicted octanol–water partition coefficient (Wildman–Crippen LogP) is 0.257. The zero-order valence-corrected chi connectivity index (χ0v) is 10.00. The van der Waals surface area contributed by atoms with Gasteiger partial charge in [-0.1, -0.05) is 0 Å². The van der Waals surface area contributed by atoms with Crippen LogP contribution in [0, 0.1) is 0 Å². The van der Waals surface area contributed by atoms with Gasteiger partial charge in [0.15, 0.2) is 5.82 Å². The Kier molecular flexibility index (Phi) is 3.63. The summed E-state index contributed by atoms with van der Waals surface area (Å²) < 4.78 is 1.65. The van der Waals surface area contributed by atoms with Crippen molar-refractivity contribution in [2.75, 3.05) is 11.9 Å². The second-order valence-corrected chi connectivity index (χ2v) is 3.77. The van der Waals surface area contributed by atoms with Crippen LogP contribution in [-0.2, 0) is 11.3 Å². The normalized spacial score (nSPS) is 10.3. The average Bonchev–Trinajstić information content (AvgIpc) is 2.78. The van der Waals surface area contributed by atoms with E-state index in [4.69, 9.17) is 5.73 Å². The van der Waals surface area contributed by atoms with E-state index in [2.05, 4.69) is 20.8 Å². The first-order chi connectivity index (χ1) is 8.70. The van der Waals surface area contributed by atoms with E-state index in [0.29, 0.717) is 18.9 Å². The number of carbonyl (C=O) groups is 1. The monoisotopic (exact) mass is 246 g/mol. The fourth-order valence-corrected chi connectivity index (χ4v) is 1.59. The quantitative estimate of drug-likeness (QED) is 0.806. The van der Waals surface area contributed by atoms with E-state index in [1.54, 1.807) is 16.8 Å². The highest BCUT2D eigenvalue weighted by Crippen LogP contribution is 2.18. The van der Waals surface area contributed by atoms with Crippen LogP contribution in [0.4, 0.5) is 5.69 Å². The topological polar surface area (TPSA) is 98.7 Å². The Morgan fingerprint density at radius 2 is 2.11 bits per heavy atom. The molecule has 2 rings (SSSR count). The van der Waals surface area contributed by atoms with Gasteiger partial charge in [-0.05, 0) is 34.7 Å². The van der Waals surface area contributed by atoms with Gasteiger partial charge in [0.2, 0.25) is 5.91 Å². The lowest BCUT2D eigenvalue weighted by Gasteiger charge is -2.05. The number of nitrogens with one attached hydrogen (secondary N) is 1. The molecule has 0 saturated carbocycles. The molecule has 1 amide bonds. The summed E-state index contributed by atoms with van der Waals surface area (Å²) in [5.41, 5.74) is 7.10. The molecule has 18 heavy (non-hydrogen) atoms. The number of nitrogens with zero attached hydrogens (tertiary/aromatic N) is 4. The van der Waals surface area contributed by atoms with Crippen LogP contribution in [0.5, 0.6) is 0 Å². The van der Waals surface area contributed by atoms with Gasteiger partial charge in [-0.3, -0.25) is 4.79 Å². The molecule has 0 atom stereocenters. The van der Waals surface area contributed by atoms with Gasteiger partial charge in [0, 0.05) is 24.7 Å². The molecule has 1 aromatic heterocycles. The van der Waals surface area contributed by atoms with Crippen molar-refractivity contribution in [1.29, 1.82) is 0 Å². The highest BCUT2D eigenvalue weighted by molar-refractivity contribution is 5.88. The number of hydrogen-bond donors (Lipinski definition) is 2. The Hall–Kier alpha value is -2.28. The van der Waals surface area contributed by atoms with Crippen LogP contribution < -0.4 is 11.1 Å². The molecule has 7 heteroatoms. The molecule has 0 saturated heterocycles. The van der Waals surface area contributed by atoms with Crippen LogP contribution in [0.15, 0.2) is 24.3 Å². The maximum absolute atomic E-state index is 10.9.